The van der Waals surface area contributed by atoms with Crippen molar-refractivity contribution in [2.24, 2.45) is 0 Å². The predicted octanol–water partition coefficient (Wildman–Crippen LogP) is 3.45. The lowest BCUT2D eigenvalue weighted by atomic mass is 10.2. The third-order valence-corrected chi connectivity index (χ3v) is 1.43. The van der Waals surface area contributed by atoms with Gasteiger partial charge in [-0.25, -0.2) is 0 Å². The van der Waals surface area contributed by atoms with Gasteiger partial charge >= 0.3 is 0 Å². The Hall–Kier alpha value is -0.980. The second kappa shape index (κ2) is 5.64. The molecule has 0 amide bonds. The Kier molecular flexibility index (Phi) is 5.18. The van der Waals surface area contributed by atoms with Gasteiger partial charge < -0.3 is 4.74 Å². The maximum atomic E-state index is 5.03. The van der Waals surface area contributed by atoms with E-state index in [1.165, 1.54) is 11.1 Å². The molecule has 0 radical (unpaired) electrons. The summed E-state index contributed by atoms with van der Waals surface area (Å²) in [6.45, 7) is 8.16. The summed E-state index contributed by atoms with van der Waals surface area (Å²) < 4.78 is 5.03. The van der Waals surface area contributed by atoms with Gasteiger partial charge in [0.15, 0.2) is 0 Å². The average molecular weight is 166 g/mol. The second-order valence-corrected chi connectivity index (χ2v) is 3.11. The smallest absolute Gasteiger partial charge is 0.0927 e. The maximum absolute atomic E-state index is 5.03. The topological polar surface area (TPSA) is 9.23 Å². The Bertz CT molecular complexity index is 215. The molecule has 0 aliphatic rings. The first-order valence-electron chi connectivity index (χ1n) is 4.10. The largest absolute Gasteiger partial charge is 0.501 e. The molecule has 0 rings (SSSR count). The first-order chi connectivity index (χ1) is 5.56. The monoisotopic (exact) mass is 166 g/mol. The van der Waals surface area contributed by atoms with E-state index in [2.05, 4.69) is 32.9 Å². The number of rotatable bonds is 3. The van der Waals surface area contributed by atoms with Crippen LogP contribution in [0, 0.1) is 0 Å². The van der Waals surface area contributed by atoms with Gasteiger partial charge in [-0.15, -0.1) is 0 Å². The Balaban J connectivity index is 4.30. The highest BCUT2D eigenvalue weighted by Crippen LogP contribution is 2.03. The van der Waals surface area contributed by atoms with Crippen molar-refractivity contribution in [2.75, 3.05) is 7.11 Å². The molecule has 0 saturated heterocycles. The third-order valence-electron chi connectivity index (χ3n) is 1.43. The fourth-order valence-electron chi connectivity index (χ4n) is 0.726. The van der Waals surface area contributed by atoms with Crippen molar-refractivity contribution < 1.29 is 4.74 Å². The standard InChI is InChI=1S/C11H18O/c1-9(2)6-7-10(3)8-11(4)12-5/h6-8H,1-5H3. The van der Waals surface area contributed by atoms with Crippen LogP contribution in [0.25, 0.3) is 0 Å². The van der Waals surface area contributed by atoms with Gasteiger partial charge in [-0.05, 0) is 39.3 Å². The van der Waals surface area contributed by atoms with Crippen LogP contribution < -0.4 is 0 Å². The number of hydrogen-bond acceptors (Lipinski definition) is 1. The van der Waals surface area contributed by atoms with Gasteiger partial charge in [-0.3, -0.25) is 0 Å². The van der Waals surface area contributed by atoms with Crippen molar-refractivity contribution in [1.29, 1.82) is 0 Å². The number of ether oxygens (including phenoxy) is 1. The highest BCUT2D eigenvalue weighted by atomic mass is 16.5. The lowest BCUT2D eigenvalue weighted by Crippen LogP contribution is -1.79. The minimum Gasteiger partial charge on any atom is -0.501 e. The minimum atomic E-state index is 0.936. The predicted molar refractivity (Wildman–Crippen MR) is 54.0 cm³/mol. The van der Waals surface area contributed by atoms with Gasteiger partial charge in [0.2, 0.25) is 0 Å². The van der Waals surface area contributed by atoms with Gasteiger partial charge in [-0.2, -0.15) is 0 Å². The average Bonchev–Trinajstić information content (AvgIpc) is 2.00. The minimum absolute atomic E-state index is 0.936. The SMILES string of the molecule is COC(C)=CC(C)=CC=C(C)C. The molecule has 0 fully saturated rings. The van der Waals surface area contributed by atoms with Crippen LogP contribution in [0.3, 0.4) is 0 Å². The number of allylic oxidation sites excluding steroid dienone is 6. The van der Waals surface area contributed by atoms with Crippen molar-refractivity contribution in [2.45, 2.75) is 27.7 Å². The normalized spacial score (nSPS) is 12.8. The fourth-order valence-corrected chi connectivity index (χ4v) is 0.726. The first kappa shape index (κ1) is 11.0. The van der Waals surface area contributed by atoms with Crippen LogP contribution >= 0.6 is 0 Å². The number of hydrogen-bond donors (Lipinski definition) is 0. The molecule has 0 aromatic rings. The molecule has 68 valence electrons. The fraction of sp³-hybridized carbons (Fsp3) is 0.455. The molecule has 0 N–H and O–H groups in total. The van der Waals surface area contributed by atoms with E-state index < -0.39 is 0 Å². The summed E-state index contributed by atoms with van der Waals surface area (Å²) in [6, 6.07) is 0. The van der Waals surface area contributed by atoms with Crippen LogP contribution in [0.15, 0.2) is 35.1 Å². The molecule has 0 bridgehead atoms. The van der Waals surface area contributed by atoms with Crippen LogP contribution in [-0.4, -0.2) is 7.11 Å². The van der Waals surface area contributed by atoms with Crippen LogP contribution in [0.4, 0.5) is 0 Å². The van der Waals surface area contributed by atoms with Gasteiger partial charge in [0.05, 0.1) is 12.9 Å². The van der Waals surface area contributed by atoms with E-state index in [0.29, 0.717) is 0 Å². The van der Waals surface area contributed by atoms with Crippen LogP contribution in [0.2, 0.25) is 0 Å². The van der Waals surface area contributed by atoms with Crippen molar-refractivity contribution in [3.63, 3.8) is 0 Å². The molecule has 0 atom stereocenters. The zero-order valence-electron chi connectivity index (χ0n) is 8.64. The Labute approximate surface area is 75.4 Å². The van der Waals surface area contributed by atoms with Crippen molar-refractivity contribution in [3.05, 3.63) is 35.1 Å². The molecule has 0 spiro atoms. The van der Waals surface area contributed by atoms with E-state index in [0.717, 1.165) is 5.76 Å². The third kappa shape index (κ3) is 5.78. The van der Waals surface area contributed by atoms with Crippen molar-refractivity contribution in [1.82, 2.24) is 0 Å². The molecular formula is C11H18O. The zero-order chi connectivity index (χ0) is 9.56. The molecular weight excluding hydrogens is 148 g/mol. The second-order valence-electron chi connectivity index (χ2n) is 3.11. The van der Waals surface area contributed by atoms with E-state index in [4.69, 9.17) is 4.74 Å². The molecule has 0 aromatic carbocycles. The van der Waals surface area contributed by atoms with E-state index >= 15 is 0 Å². The molecule has 0 aromatic heterocycles. The van der Waals surface area contributed by atoms with E-state index in [1.807, 2.05) is 13.0 Å². The summed E-state index contributed by atoms with van der Waals surface area (Å²) in [7, 11) is 1.68. The van der Waals surface area contributed by atoms with E-state index in [1.54, 1.807) is 7.11 Å². The summed E-state index contributed by atoms with van der Waals surface area (Å²) in [5.41, 5.74) is 2.51. The van der Waals surface area contributed by atoms with Crippen LogP contribution in [-0.2, 0) is 4.74 Å². The molecule has 1 nitrogen and oxygen atoms in total. The number of methoxy groups -OCH3 is 1. The van der Waals surface area contributed by atoms with Gasteiger partial charge in [-0.1, -0.05) is 17.7 Å². The molecule has 0 unspecified atom stereocenters. The Morgan fingerprint density at radius 3 is 2.00 bits per heavy atom. The highest BCUT2D eigenvalue weighted by molar-refractivity contribution is 5.24. The molecule has 0 heterocycles. The summed E-state index contributed by atoms with van der Waals surface area (Å²) in [4.78, 5) is 0. The highest BCUT2D eigenvalue weighted by Gasteiger charge is 1.85. The van der Waals surface area contributed by atoms with E-state index in [-0.39, 0.29) is 0 Å². The molecule has 12 heavy (non-hydrogen) atoms. The Morgan fingerprint density at radius 2 is 1.58 bits per heavy atom. The first-order valence-corrected chi connectivity index (χ1v) is 4.10. The van der Waals surface area contributed by atoms with Gasteiger partial charge in [0, 0.05) is 0 Å². The van der Waals surface area contributed by atoms with Crippen LogP contribution in [0.5, 0.6) is 0 Å². The van der Waals surface area contributed by atoms with Crippen molar-refractivity contribution >= 4 is 0 Å². The molecule has 1 heteroatoms. The molecule has 0 aliphatic carbocycles. The lowest BCUT2D eigenvalue weighted by molar-refractivity contribution is 0.293. The van der Waals surface area contributed by atoms with E-state index in [9.17, 15) is 0 Å². The Morgan fingerprint density at radius 1 is 1.00 bits per heavy atom. The quantitative estimate of drug-likeness (QED) is 0.461. The summed E-state index contributed by atoms with van der Waals surface area (Å²) in [6.07, 6.45) is 6.19. The van der Waals surface area contributed by atoms with Crippen molar-refractivity contribution in [3.8, 4) is 0 Å². The van der Waals surface area contributed by atoms with Gasteiger partial charge in [0.1, 0.15) is 0 Å². The summed E-state index contributed by atoms with van der Waals surface area (Å²) in [5, 5.41) is 0. The summed E-state index contributed by atoms with van der Waals surface area (Å²) in [5.74, 6) is 0.936. The summed E-state index contributed by atoms with van der Waals surface area (Å²) >= 11 is 0. The van der Waals surface area contributed by atoms with Gasteiger partial charge in [0.25, 0.3) is 0 Å². The molecule has 0 saturated carbocycles. The maximum Gasteiger partial charge on any atom is 0.0927 e. The lowest BCUT2D eigenvalue weighted by Gasteiger charge is -1.97. The zero-order valence-corrected chi connectivity index (χ0v) is 8.64. The van der Waals surface area contributed by atoms with Crippen LogP contribution in [0.1, 0.15) is 27.7 Å². The molecule has 0 aliphatic heterocycles.